The Morgan fingerprint density at radius 1 is 1.59 bits per heavy atom. The summed E-state index contributed by atoms with van der Waals surface area (Å²) in [6.07, 6.45) is 3.90. The molecule has 0 aromatic carbocycles. The molecule has 0 spiro atoms. The number of fused-ring (bicyclic) bond motifs is 1. The lowest BCUT2D eigenvalue weighted by molar-refractivity contribution is 0.288. The van der Waals surface area contributed by atoms with Crippen LogP contribution >= 0.6 is 33.9 Å². The van der Waals surface area contributed by atoms with E-state index >= 15 is 0 Å². The minimum atomic E-state index is 0.584. The van der Waals surface area contributed by atoms with Gasteiger partial charge in [0.05, 0.1) is 2.88 Å². The van der Waals surface area contributed by atoms with E-state index in [-0.39, 0.29) is 0 Å². The average molecular weight is 364 g/mol. The maximum Gasteiger partial charge on any atom is 0.0659 e. The van der Waals surface area contributed by atoms with Crippen LogP contribution in [0.25, 0.3) is 0 Å². The maximum atomic E-state index is 3.73. The fourth-order valence-corrected chi connectivity index (χ4v) is 4.35. The fourth-order valence-electron chi connectivity index (χ4n) is 2.23. The number of hydrogen-bond donors (Lipinski definition) is 1. The third kappa shape index (κ3) is 3.43. The summed E-state index contributed by atoms with van der Waals surface area (Å²) in [5.74, 6) is 0. The van der Waals surface area contributed by atoms with Gasteiger partial charge >= 0.3 is 0 Å². The van der Waals surface area contributed by atoms with Gasteiger partial charge in [0, 0.05) is 23.5 Å². The number of nitrogens with zero attached hydrogens (tertiary/aromatic N) is 1. The second kappa shape index (κ2) is 5.99. The molecule has 1 aromatic heterocycles. The quantitative estimate of drug-likeness (QED) is 0.825. The van der Waals surface area contributed by atoms with Gasteiger partial charge in [0.2, 0.25) is 0 Å². The van der Waals surface area contributed by atoms with E-state index in [9.17, 15) is 0 Å². The van der Waals surface area contributed by atoms with Gasteiger partial charge in [0.1, 0.15) is 0 Å². The molecular weight excluding hydrogens is 343 g/mol. The summed E-state index contributed by atoms with van der Waals surface area (Å²) >= 11 is 4.42. The van der Waals surface area contributed by atoms with Gasteiger partial charge in [-0.1, -0.05) is 0 Å². The molecule has 1 N–H and O–H groups in total. The van der Waals surface area contributed by atoms with E-state index in [1.54, 1.807) is 10.4 Å². The van der Waals surface area contributed by atoms with Gasteiger partial charge in [-0.3, -0.25) is 0 Å². The van der Waals surface area contributed by atoms with E-state index in [0.29, 0.717) is 12.1 Å². The first-order chi connectivity index (χ1) is 8.08. The Kier molecular flexibility index (Phi) is 4.86. The summed E-state index contributed by atoms with van der Waals surface area (Å²) in [6, 6.07) is 3.55. The van der Waals surface area contributed by atoms with Crippen LogP contribution in [0.4, 0.5) is 0 Å². The molecule has 2 rings (SSSR count). The number of thiophene rings is 1. The van der Waals surface area contributed by atoms with Crippen LogP contribution in [0.5, 0.6) is 0 Å². The number of aryl methyl sites for hydroxylation is 1. The van der Waals surface area contributed by atoms with Crippen LogP contribution in [0, 0.1) is 2.88 Å². The highest BCUT2D eigenvalue weighted by atomic mass is 127. The largest absolute Gasteiger partial charge is 0.308 e. The Hall–Kier alpha value is 0.350. The van der Waals surface area contributed by atoms with E-state index in [4.69, 9.17) is 0 Å². The van der Waals surface area contributed by atoms with Gasteiger partial charge in [-0.15, -0.1) is 11.3 Å². The minimum absolute atomic E-state index is 0.584. The molecule has 1 aliphatic carbocycles. The highest BCUT2D eigenvalue weighted by Crippen LogP contribution is 2.36. The molecule has 2 unspecified atom stereocenters. The maximum absolute atomic E-state index is 3.73. The van der Waals surface area contributed by atoms with Crippen molar-refractivity contribution >= 4 is 33.9 Å². The molecule has 1 aromatic rings. The molecule has 4 heteroatoms. The zero-order valence-corrected chi connectivity index (χ0v) is 13.8. The van der Waals surface area contributed by atoms with Crippen molar-refractivity contribution in [3.05, 3.63) is 19.4 Å². The third-order valence-corrected chi connectivity index (χ3v) is 5.60. The number of likely N-dealkylation sites (N-methyl/N-ethyl adjacent to an activating group) is 1. The first kappa shape index (κ1) is 13.8. The Labute approximate surface area is 122 Å². The SMILES string of the molecule is CC(CNC1CCCc2sc(I)cc21)N(C)C. The lowest BCUT2D eigenvalue weighted by atomic mass is 9.94. The van der Waals surface area contributed by atoms with E-state index < -0.39 is 0 Å². The van der Waals surface area contributed by atoms with Crippen molar-refractivity contribution in [1.82, 2.24) is 10.2 Å². The summed E-state index contributed by atoms with van der Waals surface area (Å²) in [5.41, 5.74) is 1.57. The smallest absolute Gasteiger partial charge is 0.0659 e. The highest BCUT2D eigenvalue weighted by Gasteiger charge is 2.22. The second-order valence-corrected chi connectivity index (χ2v) is 8.13. The third-order valence-electron chi connectivity index (χ3n) is 3.62. The van der Waals surface area contributed by atoms with Gasteiger partial charge < -0.3 is 10.2 Å². The van der Waals surface area contributed by atoms with E-state index in [2.05, 4.69) is 59.9 Å². The molecule has 17 heavy (non-hydrogen) atoms. The molecule has 0 amide bonds. The lowest BCUT2D eigenvalue weighted by Gasteiger charge is -2.27. The molecular formula is C13H21IN2S. The Morgan fingerprint density at radius 2 is 2.35 bits per heavy atom. The molecule has 2 nitrogen and oxygen atoms in total. The number of nitrogens with one attached hydrogen (secondary N) is 1. The Bertz CT molecular complexity index is 375. The van der Waals surface area contributed by atoms with Crippen LogP contribution in [0.1, 0.15) is 36.2 Å². The van der Waals surface area contributed by atoms with Crippen molar-refractivity contribution in [3.8, 4) is 0 Å². The monoisotopic (exact) mass is 364 g/mol. The molecule has 0 fully saturated rings. The van der Waals surface area contributed by atoms with E-state index in [0.717, 1.165) is 6.54 Å². The van der Waals surface area contributed by atoms with Crippen molar-refractivity contribution in [2.45, 2.75) is 38.3 Å². The predicted octanol–water partition coefficient (Wildman–Crippen LogP) is 3.27. The van der Waals surface area contributed by atoms with Crippen LogP contribution in [0.3, 0.4) is 0 Å². The van der Waals surface area contributed by atoms with E-state index in [1.807, 2.05) is 11.3 Å². The molecule has 1 aliphatic rings. The molecule has 0 radical (unpaired) electrons. The Balaban J connectivity index is 1.99. The fraction of sp³-hybridized carbons (Fsp3) is 0.692. The minimum Gasteiger partial charge on any atom is -0.308 e. The van der Waals surface area contributed by atoms with Crippen molar-refractivity contribution in [2.75, 3.05) is 20.6 Å². The lowest BCUT2D eigenvalue weighted by Crippen LogP contribution is -2.37. The average Bonchev–Trinajstić information content (AvgIpc) is 2.66. The Morgan fingerprint density at radius 3 is 3.06 bits per heavy atom. The van der Waals surface area contributed by atoms with Crippen molar-refractivity contribution in [2.24, 2.45) is 0 Å². The zero-order valence-electron chi connectivity index (χ0n) is 10.8. The first-order valence-electron chi connectivity index (χ1n) is 6.26. The van der Waals surface area contributed by atoms with Crippen LogP contribution in [-0.2, 0) is 6.42 Å². The zero-order chi connectivity index (χ0) is 12.4. The molecule has 0 bridgehead atoms. The second-order valence-electron chi connectivity index (χ2n) is 5.09. The van der Waals surface area contributed by atoms with Crippen molar-refractivity contribution in [1.29, 1.82) is 0 Å². The van der Waals surface area contributed by atoms with Gasteiger partial charge in [0.25, 0.3) is 0 Å². The van der Waals surface area contributed by atoms with Gasteiger partial charge in [-0.05, 0) is 74.5 Å². The van der Waals surface area contributed by atoms with Gasteiger partial charge in [-0.25, -0.2) is 0 Å². The summed E-state index contributed by atoms with van der Waals surface area (Å²) in [7, 11) is 4.29. The van der Waals surface area contributed by atoms with Gasteiger partial charge in [-0.2, -0.15) is 0 Å². The van der Waals surface area contributed by atoms with Crippen LogP contribution in [-0.4, -0.2) is 31.6 Å². The highest BCUT2D eigenvalue weighted by molar-refractivity contribution is 14.1. The molecule has 1 heterocycles. The van der Waals surface area contributed by atoms with Gasteiger partial charge in [0.15, 0.2) is 0 Å². The molecule has 2 atom stereocenters. The van der Waals surface area contributed by atoms with Crippen LogP contribution in [0.2, 0.25) is 0 Å². The molecule has 0 aliphatic heterocycles. The molecule has 0 saturated heterocycles. The first-order valence-corrected chi connectivity index (χ1v) is 8.15. The molecule has 0 saturated carbocycles. The predicted molar refractivity (Wildman–Crippen MR) is 83.9 cm³/mol. The summed E-state index contributed by atoms with van der Waals surface area (Å²) < 4.78 is 1.43. The standard InChI is InChI=1S/C13H21IN2S/c1-9(16(2)3)8-15-11-5-4-6-12-10(11)7-13(14)17-12/h7,9,11,15H,4-6,8H2,1-3H3. The summed E-state index contributed by atoms with van der Waals surface area (Å²) in [5, 5.41) is 3.73. The number of hydrogen-bond acceptors (Lipinski definition) is 3. The molecule has 96 valence electrons. The summed E-state index contributed by atoms with van der Waals surface area (Å²) in [6.45, 7) is 3.34. The van der Waals surface area contributed by atoms with Crippen LogP contribution in [0.15, 0.2) is 6.07 Å². The van der Waals surface area contributed by atoms with Crippen molar-refractivity contribution in [3.63, 3.8) is 0 Å². The topological polar surface area (TPSA) is 15.3 Å². The number of halogens is 1. The summed E-state index contributed by atoms with van der Waals surface area (Å²) in [4.78, 5) is 3.88. The van der Waals surface area contributed by atoms with Crippen molar-refractivity contribution < 1.29 is 0 Å². The van der Waals surface area contributed by atoms with E-state index in [1.165, 1.54) is 22.1 Å². The number of rotatable bonds is 4. The van der Waals surface area contributed by atoms with Crippen LogP contribution < -0.4 is 5.32 Å². The normalized spacial score (nSPS) is 21.6.